The van der Waals surface area contributed by atoms with Crippen LogP contribution in [0.5, 0.6) is 0 Å². The lowest BCUT2D eigenvalue weighted by Crippen LogP contribution is -2.37. The molecule has 0 aliphatic heterocycles. The van der Waals surface area contributed by atoms with Gasteiger partial charge < -0.3 is 10.0 Å². The molecule has 0 fully saturated rings. The topological polar surface area (TPSA) is 40.5 Å². The molecule has 0 saturated carbocycles. The van der Waals surface area contributed by atoms with Crippen molar-refractivity contribution in [1.82, 2.24) is 4.90 Å². The van der Waals surface area contributed by atoms with E-state index in [0.717, 1.165) is 25.8 Å². The van der Waals surface area contributed by atoms with Crippen molar-refractivity contribution in [1.29, 1.82) is 0 Å². The molecule has 0 aromatic rings. The van der Waals surface area contributed by atoms with Crippen LogP contribution in [-0.4, -0.2) is 35.6 Å². The van der Waals surface area contributed by atoms with Crippen LogP contribution in [0.1, 0.15) is 26.2 Å². The second-order valence-corrected chi connectivity index (χ2v) is 3.69. The normalized spacial score (nSPS) is 16.1. The maximum absolute atomic E-state index is 11.9. The highest BCUT2D eigenvalue weighted by molar-refractivity contribution is 5.79. The second kappa shape index (κ2) is 5.81. The molecule has 1 N–H and O–H groups in total. The molecule has 1 rings (SSSR count). The Kier molecular flexibility index (Phi) is 4.66. The first-order valence-corrected chi connectivity index (χ1v) is 5.34. The summed E-state index contributed by atoms with van der Waals surface area (Å²) >= 11 is 0. The Morgan fingerprint density at radius 2 is 2.07 bits per heavy atom. The van der Waals surface area contributed by atoms with E-state index in [0.29, 0.717) is 6.54 Å². The highest BCUT2D eigenvalue weighted by Gasteiger charge is 2.23. The van der Waals surface area contributed by atoms with Crippen LogP contribution in [0.4, 0.5) is 0 Å². The summed E-state index contributed by atoms with van der Waals surface area (Å²) in [5, 5.41) is 8.85. The molecule has 0 heterocycles. The Morgan fingerprint density at radius 1 is 1.43 bits per heavy atom. The number of hydrogen-bond donors (Lipinski definition) is 1. The van der Waals surface area contributed by atoms with Crippen LogP contribution in [0.3, 0.4) is 0 Å². The monoisotopic (exact) mass is 197 g/mol. The summed E-state index contributed by atoms with van der Waals surface area (Å²) in [4.78, 5) is 13.7. The minimum absolute atomic E-state index is 0.0614. The van der Waals surface area contributed by atoms with Gasteiger partial charge in [0.15, 0.2) is 0 Å². The SMILES string of the molecule is CCCN(CCO)C(=O)C1CC=CC1. The predicted molar refractivity (Wildman–Crippen MR) is 55.8 cm³/mol. The molecule has 0 aromatic heterocycles. The number of carbonyl (C=O) groups excluding carboxylic acids is 1. The van der Waals surface area contributed by atoms with Gasteiger partial charge in [-0.2, -0.15) is 0 Å². The van der Waals surface area contributed by atoms with Crippen molar-refractivity contribution in [3.63, 3.8) is 0 Å². The van der Waals surface area contributed by atoms with Crippen molar-refractivity contribution in [2.75, 3.05) is 19.7 Å². The molecule has 14 heavy (non-hydrogen) atoms. The van der Waals surface area contributed by atoms with Crippen molar-refractivity contribution in [2.24, 2.45) is 5.92 Å². The lowest BCUT2D eigenvalue weighted by atomic mass is 10.1. The fourth-order valence-electron chi connectivity index (χ4n) is 1.80. The van der Waals surface area contributed by atoms with Gasteiger partial charge in [0.1, 0.15) is 0 Å². The van der Waals surface area contributed by atoms with Crippen LogP contribution >= 0.6 is 0 Å². The first-order chi connectivity index (χ1) is 6.79. The molecule has 1 aliphatic carbocycles. The van der Waals surface area contributed by atoms with Crippen molar-refractivity contribution in [3.8, 4) is 0 Å². The van der Waals surface area contributed by atoms with E-state index < -0.39 is 0 Å². The maximum atomic E-state index is 11.9. The second-order valence-electron chi connectivity index (χ2n) is 3.69. The van der Waals surface area contributed by atoms with E-state index in [1.807, 2.05) is 6.92 Å². The largest absolute Gasteiger partial charge is 0.395 e. The van der Waals surface area contributed by atoms with Gasteiger partial charge in [0.25, 0.3) is 0 Å². The van der Waals surface area contributed by atoms with Gasteiger partial charge >= 0.3 is 0 Å². The first-order valence-electron chi connectivity index (χ1n) is 5.34. The van der Waals surface area contributed by atoms with E-state index in [9.17, 15) is 4.79 Å². The quantitative estimate of drug-likeness (QED) is 0.672. The summed E-state index contributed by atoms with van der Waals surface area (Å²) in [7, 11) is 0. The van der Waals surface area contributed by atoms with E-state index in [2.05, 4.69) is 12.2 Å². The van der Waals surface area contributed by atoms with Crippen molar-refractivity contribution < 1.29 is 9.90 Å². The molecule has 0 saturated heterocycles. The van der Waals surface area contributed by atoms with E-state index >= 15 is 0 Å². The van der Waals surface area contributed by atoms with E-state index in [1.165, 1.54) is 0 Å². The van der Waals surface area contributed by atoms with E-state index in [4.69, 9.17) is 5.11 Å². The number of aliphatic hydroxyl groups is 1. The van der Waals surface area contributed by atoms with Gasteiger partial charge in [-0.3, -0.25) is 4.79 Å². The molecule has 1 aliphatic rings. The van der Waals surface area contributed by atoms with Crippen LogP contribution in [0.15, 0.2) is 12.2 Å². The van der Waals surface area contributed by atoms with Gasteiger partial charge in [-0.1, -0.05) is 19.1 Å². The zero-order valence-electron chi connectivity index (χ0n) is 8.78. The Balaban J connectivity index is 2.44. The molecule has 3 heteroatoms. The standard InChI is InChI=1S/C11H19NO2/c1-2-7-12(8-9-13)11(14)10-5-3-4-6-10/h3-4,10,13H,2,5-9H2,1H3. The lowest BCUT2D eigenvalue weighted by molar-refractivity contribution is -0.135. The molecular formula is C11H19NO2. The zero-order valence-corrected chi connectivity index (χ0v) is 8.78. The molecule has 0 aromatic carbocycles. The van der Waals surface area contributed by atoms with Gasteiger partial charge in [0, 0.05) is 19.0 Å². The maximum Gasteiger partial charge on any atom is 0.226 e. The van der Waals surface area contributed by atoms with Crippen molar-refractivity contribution in [2.45, 2.75) is 26.2 Å². The first kappa shape index (κ1) is 11.2. The molecule has 3 nitrogen and oxygen atoms in total. The Labute approximate surface area is 85.4 Å². The van der Waals surface area contributed by atoms with E-state index in [1.54, 1.807) is 4.90 Å². The Hall–Kier alpha value is -0.830. The van der Waals surface area contributed by atoms with Crippen molar-refractivity contribution in [3.05, 3.63) is 12.2 Å². The molecule has 0 radical (unpaired) electrons. The summed E-state index contributed by atoms with van der Waals surface area (Å²) in [5.41, 5.74) is 0. The van der Waals surface area contributed by atoms with Crippen LogP contribution in [0, 0.1) is 5.92 Å². The van der Waals surface area contributed by atoms with Crippen molar-refractivity contribution >= 4 is 5.91 Å². The fraction of sp³-hybridized carbons (Fsp3) is 0.727. The highest BCUT2D eigenvalue weighted by Crippen LogP contribution is 2.20. The van der Waals surface area contributed by atoms with Crippen LogP contribution in [0.2, 0.25) is 0 Å². The lowest BCUT2D eigenvalue weighted by Gasteiger charge is -2.24. The van der Waals surface area contributed by atoms with Gasteiger partial charge in [-0.05, 0) is 19.3 Å². The average molecular weight is 197 g/mol. The summed E-state index contributed by atoms with van der Waals surface area (Å²) < 4.78 is 0. The molecule has 80 valence electrons. The summed E-state index contributed by atoms with van der Waals surface area (Å²) in [6.07, 6.45) is 6.80. The van der Waals surface area contributed by atoms with Gasteiger partial charge in [0.2, 0.25) is 5.91 Å². The molecule has 0 unspecified atom stereocenters. The van der Waals surface area contributed by atoms with Gasteiger partial charge in [-0.25, -0.2) is 0 Å². The summed E-state index contributed by atoms with van der Waals surface area (Å²) in [6.45, 7) is 3.34. The molecule has 0 atom stereocenters. The minimum Gasteiger partial charge on any atom is -0.395 e. The third-order valence-corrected chi connectivity index (χ3v) is 2.53. The van der Waals surface area contributed by atoms with Crippen LogP contribution in [-0.2, 0) is 4.79 Å². The van der Waals surface area contributed by atoms with Gasteiger partial charge in [-0.15, -0.1) is 0 Å². The summed E-state index contributed by atoms with van der Waals surface area (Å²) in [6, 6.07) is 0. The molecule has 0 bridgehead atoms. The predicted octanol–water partition coefficient (Wildman–Crippen LogP) is 1.18. The van der Waals surface area contributed by atoms with Crippen LogP contribution < -0.4 is 0 Å². The number of nitrogens with zero attached hydrogens (tertiary/aromatic N) is 1. The molecule has 1 amide bonds. The minimum atomic E-state index is 0.0614. The number of rotatable bonds is 5. The molecule has 0 spiro atoms. The molecular weight excluding hydrogens is 178 g/mol. The average Bonchev–Trinajstić information content (AvgIpc) is 2.69. The Morgan fingerprint density at radius 3 is 2.57 bits per heavy atom. The third kappa shape index (κ3) is 2.84. The van der Waals surface area contributed by atoms with Crippen LogP contribution in [0.25, 0.3) is 0 Å². The number of amides is 1. The van der Waals surface area contributed by atoms with E-state index in [-0.39, 0.29) is 18.4 Å². The summed E-state index contributed by atoms with van der Waals surface area (Å²) in [5.74, 6) is 0.332. The fourth-order valence-corrected chi connectivity index (χ4v) is 1.80. The number of hydrogen-bond acceptors (Lipinski definition) is 2. The highest BCUT2D eigenvalue weighted by atomic mass is 16.3. The number of aliphatic hydroxyl groups excluding tert-OH is 1. The number of carbonyl (C=O) groups is 1. The zero-order chi connectivity index (χ0) is 10.4. The smallest absolute Gasteiger partial charge is 0.226 e. The van der Waals surface area contributed by atoms with Gasteiger partial charge in [0.05, 0.1) is 6.61 Å². The Bertz CT molecular complexity index is 199. The number of allylic oxidation sites excluding steroid dienone is 2. The third-order valence-electron chi connectivity index (χ3n) is 2.53.